The van der Waals surface area contributed by atoms with E-state index in [1.165, 1.54) is 5.56 Å². The van der Waals surface area contributed by atoms with Gasteiger partial charge in [0, 0.05) is 10.6 Å². The lowest BCUT2D eigenvalue weighted by Gasteiger charge is -2.22. The van der Waals surface area contributed by atoms with E-state index in [1.807, 2.05) is 36.4 Å². The summed E-state index contributed by atoms with van der Waals surface area (Å²) in [6.07, 6.45) is 1.12. The molecule has 0 saturated heterocycles. The van der Waals surface area contributed by atoms with Crippen molar-refractivity contribution in [3.63, 3.8) is 0 Å². The molecule has 2 rings (SSSR count). The Morgan fingerprint density at radius 3 is 2.00 bits per heavy atom. The molecule has 0 heterocycles. The molecule has 1 N–H and O–H groups in total. The molecule has 1 atom stereocenters. The molecule has 1 unspecified atom stereocenters. The van der Waals surface area contributed by atoms with Crippen LogP contribution in [0.3, 0.4) is 0 Å². The van der Waals surface area contributed by atoms with Crippen LogP contribution in [0.15, 0.2) is 48.5 Å². The second kappa shape index (κ2) is 7.85. The van der Waals surface area contributed by atoms with Gasteiger partial charge < -0.3 is 10.1 Å². The first-order valence-electron chi connectivity index (χ1n) is 8.12. The van der Waals surface area contributed by atoms with Gasteiger partial charge >= 0.3 is 0 Å². The molecule has 2 aromatic carbocycles. The molecule has 2 aromatic rings. The standard InChI is InChI=1S/C20H26ClNO/c1-15(13-14-22-20(2,3)4)16-5-9-18(10-6-16)23-19-11-7-17(21)8-12-19/h5-12,15,22H,13-14H2,1-4H3. The third-order valence-corrected chi connectivity index (χ3v) is 3.98. The number of ether oxygens (including phenoxy) is 1. The molecular formula is C20H26ClNO. The summed E-state index contributed by atoms with van der Waals surface area (Å²) in [7, 11) is 0. The van der Waals surface area contributed by atoms with Gasteiger partial charge in [-0.05, 0) is 81.6 Å². The maximum absolute atomic E-state index is 5.88. The fraction of sp³-hybridized carbons (Fsp3) is 0.400. The van der Waals surface area contributed by atoms with Crippen LogP contribution in [0.1, 0.15) is 45.6 Å². The van der Waals surface area contributed by atoms with Gasteiger partial charge in [-0.2, -0.15) is 0 Å². The molecule has 0 aromatic heterocycles. The Hall–Kier alpha value is -1.51. The summed E-state index contributed by atoms with van der Waals surface area (Å²) in [4.78, 5) is 0. The van der Waals surface area contributed by atoms with Gasteiger partial charge in [0.25, 0.3) is 0 Å². The van der Waals surface area contributed by atoms with Crippen molar-refractivity contribution in [2.75, 3.05) is 6.54 Å². The van der Waals surface area contributed by atoms with Crippen LogP contribution in [-0.4, -0.2) is 12.1 Å². The molecule has 0 bridgehead atoms. The number of halogens is 1. The largest absolute Gasteiger partial charge is 0.457 e. The van der Waals surface area contributed by atoms with Crippen molar-refractivity contribution in [1.29, 1.82) is 0 Å². The minimum absolute atomic E-state index is 0.177. The van der Waals surface area contributed by atoms with Gasteiger partial charge in [0.05, 0.1) is 0 Å². The molecule has 23 heavy (non-hydrogen) atoms. The molecule has 0 radical (unpaired) electrons. The van der Waals surface area contributed by atoms with Crippen LogP contribution in [0.4, 0.5) is 0 Å². The van der Waals surface area contributed by atoms with E-state index < -0.39 is 0 Å². The average molecular weight is 332 g/mol. The fourth-order valence-electron chi connectivity index (χ4n) is 2.33. The number of benzene rings is 2. The number of rotatable bonds is 6. The first kappa shape index (κ1) is 17.8. The smallest absolute Gasteiger partial charge is 0.127 e. The normalized spacial score (nSPS) is 12.9. The zero-order chi connectivity index (χ0) is 16.9. The van der Waals surface area contributed by atoms with Crippen LogP contribution in [0.2, 0.25) is 5.02 Å². The van der Waals surface area contributed by atoms with Crippen LogP contribution >= 0.6 is 11.6 Å². The SMILES string of the molecule is CC(CCNC(C)(C)C)c1ccc(Oc2ccc(Cl)cc2)cc1. The van der Waals surface area contributed by atoms with E-state index in [0.29, 0.717) is 10.9 Å². The van der Waals surface area contributed by atoms with E-state index >= 15 is 0 Å². The van der Waals surface area contributed by atoms with Crippen LogP contribution in [0.5, 0.6) is 11.5 Å². The van der Waals surface area contributed by atoms with Crippen LogP contribution < -0.4 is 10.1 Å². The zero-order valence-corrected chi connectivity index (χ0v) is 15.2. The fourth-order valence-corrected chi connectivity index (χ4v) is 2.46. The van der Waals surface area contributed by atoms with E-state index in [9.17, 15) is 0 Å². The van der Waals surface area contributed by atoms with Gasteiger partial charge in [-0.3, -0.25) is 0 Å². The summed E-state index contributed by atoms with van der Waals surface area (Å²) in [6, 6.07) is 15.7. The van der Waals surface area contributed by atoms with Crippen LogP contribution in [0.25, 0.3) is 0 Å². The van der Waals surface area contributed by atoms with Crippen LogP contribution in [-0.2, 0) is 0 Å². The maximum Gasteiger partial charge on any atom is 0.127 e. The first-order chi connectivity index (χ1) is 10.8. The van der Waals surface area contributed by atoms with Crippen molar-refractivity contribution in [3.8, 4) is 11.5 Å². The van der Waals surface area contributed by atoms with E-state index in [1.54, 1.807) is 0 Å². The Morgan fingerprint density at radius 2 is 1.48 bits per heavy atom. The lowest BCUT2D eigenvalue weighted by molar-refractivity contribution is 0.413. The highest BCUT2D eigenvalue weighted by Gasteiger charge is 2.10. The quantitative estimate of drug-likeness (QED) is 0.699. The molecule has 0 aliphatic rings. The van der Waals surface area contributed by atoms with Crippen molar-refractivity contribution in [1.82, 2.24) is 5.32 Å². The highest BCUT2D eigenvalue weighted by Crippen LogP contribution is 2.26. The zero-order valence-electron chi connectivity index (χ0n) is 14.4. The average Bonchev–Trinajstić information content (AvgIpc) is 2.49. The van der Waals surface area contributed by atoms with Crippen molar-refractivity contribution >= 4 is 11.6 Å². The minimum Gasteiger partial charge on any atom is -0.457 e. The Kier molecular flexibility index (Phi) is 6.09. The monoisotopic (exact) mass is 331 g/mol. The minimum atomic E-state index is 0.177. The molecule has 0 saturated carbocycles. The summed E-state index contributed by atoms with van der Waals surface area (Å²) < 4.78 is 5.82. The molecule has 124 valence electrons. The molecule has 0 aliphatic carbocycles. The van der Waals surface area contributed by atoms with Crippen molar-refractivity contribution < 1.29 is 4.74 Å². The lowest BCUT2D eigenvalue weighted by atomic mass is 9.97. The molecule has 0 fully saturated rings. The highest BCUT2D eigenvalue weighted by atomic mass is 35.5. The summed E-state index contributed by atoms with van der Waals surface area (Å²) in [5, 5.41) is 4.25. The number of hydrogen-bond acceptors (Lipinski definition) is 2. The molecule has 0 amide bonds. The van der Waals surface area contributed by atoms with E-state index in [0.717, 1.165) is 24.5 Å². The van der Waals surface area contributed by atoms with E-state index in [-0.39, 0.29) is 5.54 Å². The van der Waals surface area contributed by atoms with Gasteiger partial charge in [-0.1, -0.05) is 30.7 Å². The Balaban J connectivity index is 1.89. The topological polar surface area (TPSA) is 21.3 Å². The Morgan fingerprint density at radius 1 is 0.957 bits per heavy atom. The molecular weight excluding hydrogens is 306 g/mol. The third-order valence-electron chi connectivity index (χ3n) is 3.73. The summed E-state index contributed by atoms with van der Waals surface area (Å²) in [5.41, 5.74) is 1.51. The molecule has 2 nitrogen and oxygen atoms in total. The number of hydrogen-bond donors (Lipinski definition) is 1. The van der Waals surface area contributed by atoms with E-state index in [4.69, 9.17) is 16.3 Å². The molecule has 0 spiro atoms. The molecule has 0 aliphatic heterocycles. The van der Waals surface area contributed by atoms with Crippen LogP contribution in [0, 0.1) is 0 Å². The predicted molar refractivity (Wildman–Crippen MR) is 98.8 cm³/mol. The molecule has 3 heteroatoms. The Labute approximate surface area is 144 Å². The highest BCUT2D eigenvalue weighted by molar-refractivity contribution is 6.30. The van der Waals surface area contributed by atoms with Gasteiger partial charge in [0.15, 0.2) is 0 Å². The van der Waals surface area contributed by atoms with Crippen molar-refractivity contribution in [2.24, 2.45) is 0 Å². The van der Waals surface area contributed by atoms with Gasteiger partial charge in [0.2, 0.25) is 0 Å². The number of nitrogens with one attached hydrogen (secondary N) is 1. The van der Waals surface area contributed by atoms with Crippen molar-refractivity contribution in [2.45, 2.75) is 45.6 Å². The second-order valence-corrected chi connectivity index (χ2v) is 7.43. The summed E-state index contributed by atoms with van der Waals surface area (Å²) in [6.45, 7) is 9.87. The van der Waals surface area contributed by atoms with E-state index in [2.05, 4.69) is 45.1 Å². The van der Waals surface area contributed by atoms with Gasteiger partial charge in [-0.25, -0.2) is 0 Å². The maximum atomic E-state index is 5.88. The van der Waals surface area contributed by atoms with Crippen molar-refractivity contribution in [3.05, 3.63) is 59.1 Å². The lowest BCUT2D eigenvalue weighted by Crippen LogP contribution is -2.36. The second-order valence-electron chi connectivity index (χ2n) is 6.99. The summed E-state index contributed by atoms with van der Waals surface area (Å²) in [5.74, 6) is 2.16. The summed E-state index contributed by atoms with van der Waals surface area (Å²) >= 11 is 5.88. The predicted octanol–water partition coefficient (Wildman–Crippen LogP) is 6.01. The Bertz CT molecular complexity index is 599. The third kappa shape index (κ3) is 6.25. The first-order valence-corrected chi connectivity index (χ1v) is 8.50. The van der Waals surface area contributed by atoms with Gasteiger partial charge in [-0.15, -0.1) is 0 Å². The van der Waals surface area contributed by atoms with Gasteiger partial charge in [0.1, 0.15) is 11.5 Å².